The summed E-state index contributed by atoms with van der Waals surface area (Å²) < 4.78 is 0. The molecule has 3 heterocycles. The Morgan fingerprint density at radius 3 is 2.68 bits per heavy atom. The number of carbonyl (C=O) groups excluding carboxylic acids is 1. The van der Waals surface area contributed by atoms with Crippen LogP contribution in [0.2, 0.25) is 0 Å². The summed E-state index contributed by atoms with van der Waals surface area (Å²) in [5, 5.41) is 2.99. The van der Waals surface area contributed by atoms with Crippen LogP contribution in [0.5, 0.6) is 0 Å². The second-order valence-corrected chi connectivity index (χ2v) is 6.74. The smallest absolute Gasteiger partial charge is 0.317 e. The first-order valence-electron chi connectivity index (χ1n) is 8.69. The molecule has 0 aliphatic carbocycles. The highest BCUT2D eigenvalue weighted by Gasteiger charge is 2.24. The maximum absolute atomic E-state index is 12.5. The van der Waals surface area contributed by atoms with Gasteiger partial charge in [0.15, 0.2) is 0 Å². The minimum atomic E-state index is -0.0210. The molecule has 0 saturated carbocycles. The van der Waals surface area contributed by atoms with Crippen molar-refractivity contribution in [3.8, 4) is 0 Å². The molecule has 1 aliphatic rings. The van der Waals surface area contributed by atoms with Crippen LogP contribution in [0, 0.1) is 6.92 Å². The summed E-state index contributed by atoms with van der Waals surface area (Å²) in [5.74, 6) is 0.969. The van der Waals surface area contributed by atoms with Crippen molar-refractivity contribution in [2.75, 3.05) is 18.0 Å². The van der Waals surface area contributed by atoms with E-state index >= 15 is 0 Å². The average molecular weight is 339 g/mol. The van der Waals surface area contributed by atoms with Gasteiger partial charge in [-0.3, -0.25) is 4.98 Å². The van der Waals surface area contributed by atoms with Crippen LogP contribution in [-0.4, -0.2) is 40.0 Å². The lowest BCUT2D eigenvalue weighted by molar-refractivity contribution is 0.195. The van der Waals surface area contributed by atoms with E-state index in [1.165, 1.54) is 5.56 Å². The van der Waals surface area contributed by atoms with E-state index in [9.17, 15) is 4.79 Å². The fourth-order valence-electron chi connectivity index (χ4n) is 2.98. The second-order valence-electron chi connectivity index (χ2n) is 6.74. The van der Waals surface area contributed by atoms with Crippen LogP contribution < -0.4 is 10.2 Å². The van der Waals surface area contributed by atoms with E-state index in [1.54, 1.807) is 12.4 Å². The lowest BCUT2D eigenvalue weighted by Gasteiger charge is -2.24. The van der Waals surface area contributed by atoms with Crippen molar-refractivity contribution in [1.82, 2.24) is 20.2 Å². The van der Waals surface area contributed by atoms with Crippen molar-refractivity contribution in [3.05, 3.63) is 53.5 Å². The number of aromatic nitrogens is 2. The van der Waals surface area contributed by atoms with Crippen molar-refractivity contribution in [1.29, 1.82) is 0 Å². The molecule has 0 radical (unpaired) electrons. The third kappa shape index (κ3) is 4.26. The zero-order chi connectivity index (χ0) is 17.8. The average Bonchev–Trinajstić information content (AvgIpc) is 2.75. The molecule has 0 atom stereocenters. The van der Waals surface area contributed by atoms with Gasteiger partial charge in [0.2, 0.25) is 0 Å². The Morgan fingerprint density at radius 1 is 1.20 bits per heavy atom. The maximum Gasteiger partial charge on any atom is 0.317 e. The molecule has 2 aromatic heterocycles. The Kier molecular flexibility index (Phi) is 5.16. The molecule has 25 heavy (non-hydrogen) atoms. The van der Waals surface area contributed by atoms with Gasteiger partial charge in [-0.05, 0) is 44.5 Å². The molecule has 0 spiro atoms. The summed E-state index contributed by atoms with van der Waals surface area (Å²) in [7, 11) is 0. The van der Waals surface area contributed by atoms with E-state index in [1.807, 2.05) is 43.9 Å². The third-order valence-electron chi connectivity index (χ3n) is 4.22. The number of hydrogen-bond acceptors (Lipinski definition) is 4. The van der Waals surface area contributed by atoms with E-state index in [4.69, 9.17) is 4.98 Å². The topological polar surface area (TPSA) is 61.4 Å². The number of rotatable bonds is 3. The first-order valence-corrected chi connectivity index (χ1v) is 8.69. The molecule has 1 N–H and O–H groups in total. The highest BCUT2D eigenvalue weighted by atomic mass is 16.2. The number of pyridine rings is 2. The predicted molar refractivity (Wildman–Crippen MR) is 98.3 cm³/mol. The molecule has 1 aliphatic heterocycles. The van der Waals surface area contributed by atoms with Crippen molar-refractivity contribution in [3.63, 3.8) is 0 Å². The minimum absolute atomic E-state index is 0.0210. The van der Waals surface area contributed by atoms with E-state index < -0.39 is 0 Å². The van der Waals surface area contributed by atoms with Crippen molar-refractivity contribution >= 4 is 11.8 Å². The summed E-state index contributed by atoms with van der Waals surface area (Å²) in [5.41, 5.74) is 3.25. The van der Waals surface area contributed by atoms with Crippen molar-refractivity contribution < 1.29 is 4.79 Å². The molecule has 6 nitrogen and oxygen atoms in total. The Bertz CT molecular complexity index is 732. The summed E-state index contributed by atoms with van der Waals surface area (Å²) in [6.07, 6.45) is 3.61. The van der Waals surface area contributed by atoms with E-state index in [0.717, 1.165) is 30.2 Å². The number of anilines is 1. The predicted octanol–water partition coefficient (Wildman–Crippen LogP) is 2.73. The standard InChI is InChI=1S/C19H25N5O/c1-14(2)21-19(25)24-11-10-23(12-16-6-8-20-9-7-16)18-17(13-24)5-4-15(3)22-18/h4-9,14H,10-13H2,1-3H3,(H,21,25). The number of hydrogen-bond donors (Lipinski definition) is 1. The van der Waals surface area contributed by atoms with Gasteiger partial charge in [0.05, 0.1) is 6.54 Å². The summed E-state index contributed by atoms with van der Waals surface area (Å²) in [4.78, 5) is 25.4. The molecule has 0 unspecified atom stereocenters. The Balaban J connectivity index is 1.86. The van der Waals surface area contributed by atoms with E-state index in [2.05, 4.69) is 21.3 Å². The molecule has 2 aromatic rings. The number of urea groups is 1. The minimum Gasteiger partial charge on any atom is -0.350 e. The largest absolute Gasteiger partial charge is 0.350 e. The molecule has 132 valence electrons. The number of nitrogens with zero attached hydrogens (tertiary/aromatic N) is 4. The van der Waals surface area contributed by atoms with Crippen LogP contribution in [0.3, 0.4) is 0 Å². The van der Waals surface area contributed by atoms with E-state index in [-0.39, 0.29) is 12.1 Å². The summed E-state index contributed by atoms with van der Waals surface area (Å²) in [6, 6.07) is 8.23. The quantitative estimate of drug-likeness (QED) is 0.934. The Labute approximate surface area is 148 Å². The van der Waals surface area contributed by atoms with Crippen LogP contribution in [0.25, 0.3) is 0 Å². The second kappa shape index (κ2) is 7.51. The van der Waals surface area contributed by atoms with Gasteiger partial charge in [0.1, 0.15) is 5.82 Å². The van der Waals surface area contributed by atoms with Gasteiger partial charge in [0.25, 0.3) is 0 Å². The number of amides is 2. The lowest BCUT2D eigenvalue weighted by atomic mass is 10.2. The van der Waals surface area contributed by atoms with Gasteiger partial charge < -0.3 is 15.1 Å². The van der Waals surface area contributed by atoms with Crippen LogP contribution in [0.1, 0.15) is 30.7 Å². The van der Waals surface area contributed by atoms with E-state index in [0.29, 0.717) is 13.1 Å². The maximum atomic E-state index is 12.5. The van der Waals surface area contributed by atoms with Gasteiger partial charge in [0, 0.05) is 49.3 Å². The number of aryl methyl sites for hydroxylation is 1. The lowest BCUT2D eigenvalue weighted by Crippen LogP contribution is -2.44. The number of nitrogens with one attached hydrogen (secondary N) is 1. The molecule has 0 bridgehead atoms. The molecule has 0 aromatic carbocycles. The monoisotopic (exact) mass is 339 g/mol. The SMILES string of the molecule is Cc1ccc2c(n1)N(Cc1ccncc1)CCN(C(=O)NC(C)C)C2. The van der Waals surface area contributed by atoms with Gasteiger partial charge in [-0.25, -0.2) is 9.78 Å². The summed E-state index contributed by atoms with van der Waals surface area (Å²) >= 11 is 0. The fraction of sp³-hybridized carbons (Fsp3) is 0.421. The molecule has 2 amide bonds. The van der Waals surface area contributed by atoms with Gasteiger partial charge in [-0.15, -0.1) is 0 Å². The third-order valence-corrected chi connectivity index (χ3v) is 4.22. The van der Waals surface area contributed by atoms with Crippen molar-refractivity contribution in [2.45, 2.75) is 39.9 Å². The molecule has 3 rings (SSSR count). The number of fused-ring (bicyclic) bond motifs is 1. The Hall–Kier alpha value is -2.63. The van der Waals surface area contributed by atoms with Crippen LogP contribution in [-0.2, 0) is 13.1 Å². The molecular weight excluding hydrogens is 314 g/mol. The van der Waals surface area contributed by atoms with Gasteiger partial charge in [-0.1, -0.05) is 6.07 Å². The van der Waals surface area contributed by atoms with Crippen LogP contribution >= 0.6 is 0 Å². The fourth-order valence-corrected chi connectivity index (χ4v) is 2.98. The van der Waals surface area contributed by atoms with Gasteiger partial charge in [-0.2, -0.15) is 0 Å². The molecule has 0 saturated heterocycles. The summed E-state index contributed by atoms with van der Waals surface area (Å²) in [6.45, 7) is 8.70. The van der Waals surface area contributed by atoms with Gasteiger partial charge >= 0.3 is 6.03 Å². The molecule has 6 heteroatoms. The van der Waals surface area contributed by atoms with Crippen molar-refractivity contribution in [2.24, 2.45) is 0 Å². The number of carbonyl (C=O) groups is 1. The highest BCUT2D eigenvalue weighted by Crippen LogP contribution is 2.25. The first-order chi connectivity index (χ1) is 12.0. The van der Waals surface area contributed by atoms with Crippen LogP contribution in [0.4, 0.5) is 10.6 Å². The zero-order valence-electron chi connectivity index (χ0n) is 15.1. The zero-order valence-corrected chi connectivity index (χ0v) is 15.1. The first kappa shape index (κ1) is 17.2. The van der Waals surface area contributed by atoms with Crippen LogP contribution in [0.15, 0.2) is 36.7 Å². The molecule has 0 fully saturated rings. The Morgan fingerprint density at radius 2 is 1.96 bits per heavy atom. The highest BCUT2D eigenvalue weighted by molar-refractivity contribution is 5.75. The molecular formula is C19H25N5O. The normalized spacial score (nSPS) is 14.2.